The van der Waals surface area contributed by atoms with Crippen LogP contribution in [0.2, 0.25) is 5.02 Å². The Hall–Kier alpha value is -2.40. The van der Waals surface area contributed by atoms with Crippen molar-refractivity contribution >= 4 is 23.5 Å². The van der Waals surface area contributed by atoms with Crippen molar-refractivity contribution in [3.05, 3.63) is 59.0 Å². The van der Waals surface area contributed by atoms with E-state index in [0.717, 1.165) is 12.3 Å². The van der Waals surface area contributed by atoms with Gasteiger partial charge < -0.3 is 15.9 Å². The number of aromatic nitrogens is 1. The Morgan fingerprint density at radius 3 is 2.90 bits per heavy atom. The molecule has 6 heteroatoms. The fraction of sp³-hybridized carbons (Fsp3) is 0. The van der Waals surface area contributed by atoms with E-state index in [1.165, 1.54) is 12.3 Å². The third kappa shape index (κ3) is 3.33. The molecule has 4 nitrogen and oxygen atoms in total. The van der Waals surface area contributed by atoms with E-state index in [0.29, 0.717) is 17.0 Å². The quantitative estimate of drug-likeness (QED) is 0.845. The van der Waals surface area contributed by atoms with Crippen LogP contribution in [0.4, 0.5) is 4.39 Å². The molecule has 2 aromatic rings. The Labute approximate surface area is 120 Å². The van der Waals surface area contributed by atoms with E-state index in [-0.39, 0.29) is 10.9 Å². The van der Waals surface area contributed by atoms with Crippen molar-refractivity contribution in [2.75, 3.05) is 0 Å². The first-order chi connectivity index (χ1) is 9.60. The van der Waals surface area contributed by atoms with Crippen molar-refractivity contribution in [3.63, 3.8) is 0 Å². The summed E-state index contributed by atoms with van der Waals surface area (Å²) in [5, 5.41) is 7.17. The SMILES string of the molecule is N=C/C=C(\N)c1cccc(Oc2ncc(Cl)cc2F)c1. The molecule has 0 bridgehead atoms. The second-order valence-corrected chi connectivity index (χ2v) is 4.30. The van der Waals surface area contributed by atoms with Gasteiger partial charge in [0, 0.05) is 23.7 Å². The van der Waals surface area contributed by atoms with Gasteiger partial charge in [0.05, 0.1) is 5.02 Å². The Balaban J connectivity index is 2.28. The zero-order valence-corrected chi connectivity index (χ0v) is 11.1. The van der Waals surface area contributed by atoms with Gasteiger partial charge in [-0.15, -0.1) is 0 Å². The lowest BCUT2D eigenvalue weighted by molar-refractivity contribution is 0.422. The van der Waals surface area contributed by atoms with Crippen LogP contribution in [0.1, 0.15) is 5.56 Å². The summed E-state index contributed by atoms with van der Waals surface area (Å²) in [7, 11) is 0. The van der Waals surface area contributed by atoms with Crippen LogP contribution < -0.4 is 10.5 Å². The lowest BCUT2D eigenvalue weighted by atomic mass is 10.1. The molecule has 0 radical (unpaired) electrons. The van der Waals surface area contributed by atoms with Crippen molar-refractivity contribution in [3.8, 4) is 11.6 Å². The maximum absolute atomic E-state index is 13.6. The molecule has 102 valence electrons. The smallest absolute Gasteiger partial charge is 0.255 e. The number of ether oxygens (including phenoxy) is 1. The molecule has 3 N–H and O–H groups in total. The number of nitrogens with two attached hydrogens (primary N) is 1. The number of hydrogen-bond acceptors (Lipinski definition) is 4. The molecule has 0 aliphatic heterocycles. The van der Waals surface area contributed by atoms with Crippen LogP contribution in [0, 0.1) is 11.2 Å². The molecular formula is C14H11ClFN3O. The van der Waals surface area contributed by atoms with Crippen LogP contribution in [-0.2, 0) is 0 Å². The summed E-state index contributed by atoms with van der Waals surface area (Å²) in [6, 6.07) is 7.87. The van der Waals surface area contributed by atoms with Gasteiger partial charge in [0.15, 0.2) is 5.82 Å². The van der Waals surface area contributed by atoms with E-state index in [1.54, 1.807) is 24.3 Å². The van der Waals surface area contributed by atoms with E-state index in [2.05, 4.69) is 4.98 Å². The molecule has 0 unspecified atom stereocenters. The van der Waals surface area contributed by atoms with E-state index >= 15 is 0 Å². The molecule has 2 rings (SSSR count). The number of benzene rings is 1. The second-order valence-electron chi connectivity index (χ2n) is 3.86. The number of allylic oxidation sites excluding steroid dienone is 1. The molecule has 0 fully saturated rings. The van der Waals surface area contributed by atoms with Crippen molar-refractivity contribution in [2.24, 2.45) is 5.73 Å². The van der Waals surface area contributed by atoms with Gasteiger partial charge in [0.1, 0.15) is 5.75 Å². The average molecular weight is 292 g/mol. The Kier molecular flexibility index (Phi) is 4.32. The molecule has 1 aromatic carbocycles. The summed E-state index contributed by atoms with van der Waals surface area (Å²) in [5.74, 6) is -0.426. The highest BCUT2D eigenvalue weighted by atomic mass is 35.5. The number of nitrogens with zero attached hydrogens (tertiary/aromatic N) is 1. The van der Waals surface area contributed by atoms with E-state index in [9.17, 15) is 4.39 Å². The topological polar surface area (TPSA) is 72.0 Å². The van der Waals surface area contributed by atoms with Gasteiger partial charge in [-0.2, -0.15) is 0 Å². The molecule has 0 amide bonds. The first-order valence-corrected chi connectivity index (χ1v) is 6.03. The van der Waals surface area contributed by atoms with Crippen molar-refractivity contribution in [1.29, 1.82) is 5.41 Å². The lowest BCUT2D eigenvalue weighted by Gasteiger charge is -2.07. The fourth-order valence-electron chi connectivity index (χ4n) is 1.51. The van der Waals surface area contributed by atoms with Crippen LogP contribution in [0.25, 0.3) is 5.70 Å². The van der Waals surface area contributed by atoms with Gasteiger partial charge in [-0.1, -0.05) is 23.7 Å². The summed E-state index contributed by atoms with van der Waals surface area (Å²) in [6.07, 6.45) is 3.83. The maximum Gasteiger partial charge on any atom is 0.255 e. The molecule has 0 saturated heterocycles. The first-order valence-electron chi connectivity index (χ1n) is 5.65. The third-order valence-corrected chi connectivity index (χ3v) is 2.63. The van der Waals surface area contributed by atoms with Crippen LogP contribution in [0.3, 0.4) is 0 Å². The fourth-order valence-corrected chi connectivity index (χ4v) is 1.66. The number of pyridine rings is 1. The van der Waals surface area contributed by atoms with Crippen LogP contribution >= 0.6 is 11.6 Å². The summed E-state index contributed by atoms with van der Waals surface area (Å²) in [6.45, 7) is 0. The first kappa shape index (κ1) is 14.0. The predicted molar refractivity (Wildman–Crippen MR) is 76.7 cm³/mol. The van der Waals surface area contributed by atoms with Gasteiger partial charge in [-0.25, -0.2) is 9.37 Å². The minimum absolute atomic E-state index is 0.166. The predicted octanol–water partition coefficient (Wildman–Crippen LogP) is 3.62. The maximum atomic E-state index is 13.6. The van der Waals surface area contributed by atoms with Crippen molar-refractivity contribution in [1.82, 2.24) is 4.98 Å². The second kappa shape index (κ2) is 6.16. The van der Waals surface area contributed by atoms with Crippen molar-refractivity contribution < 1.29 is 9.13 Å². The largest absolute Gasteiger partial charge is 0.436 e. The molecule has 0 aliphatic carbocycles. The zero-order chi connectivity index (χ0) is 14.5. The van der Waals surface area contributed by atoms with Crippen LogP contribution in [0.15, 0.2) is 42.6 Å². The minimum atomic E-state index is -0.647. The Bertz CT molecular complexity index is 673. The summed E-state index contributed by atoms with van der Waals surface area (Å²) in [4.78, 5) is 3.77. The third-order valence-electron chi connectivity index (χ3n) is 2.42. The van der Waals surface area contributed by atoms with Gasteiger partial charge in [0.25, 0.3) is 5.88 Å². The number of rotatable bonds is 4. The Morgan fingerprint density at radius 1 is 1.40 bits per heavy atom. The van der Waals surface area contributed by atoms with Crippen molar-refractivity contribution in [2.45, 2.75) is 0 Å². The zero-order valence-electron chi connectivity index (χ0n) is 10.3. The molecule has 0 saturated carbocycles. The lowest BCUT2D eigenvalue weighted by Crippen LogP contribution is -1.97. The van der Waals surface area contributed by atoms with E-state index in [1.807, 2.05) is 0 Å². The molecule has 20 heavy (non-hydrogen) atoms. The van der Waals surface area contributed by atoms with Gasteiger partial charge in [0.2, 0.25) is 0 Å². The molecule has 1 heterocycles. The summed E-state index contributed by atoms with van der Waals surface area (Å²) in [5.41, 5.74) is 6.84. The summed E-state index contributed by atoms with van der Waals surface area (Å²) >= 11 is 5.62. The van der Waals surface area contributed by atoms with Gasteiger partial charge in [-0.05, 0) is 24.3 Å². The standard InChI is InChI=1S/C14H11ClFN3O/c15-10-7-12(16)14(19-8-10)20-11-3-1-2-9(6-11)13(18)4-5-17/h1-8,17H,18H2/b13-4-,17-5?. The van der Waals surface area contributed by atoms with Gasteiger partial charge >= 0.3 is 0 Å². The number of hydrogen-bond donors (Lipinski definition) is 2. The highest BCUT2D eigenvalue weighted by Crippen LogP contribution is 2.25. The Morgan fingerprint density at radius 2 is 2.20 bits per heavy atom. The average Bonchev–Trinajstić information content (AvgIpc) is 2.43. The highest BCUT2D eigenvalue weighted by molar-refractivity contribution is 6.30. The monoisotopic (exact) mass is 291 g/mol. The minimum Gasteiger partial charge on any atom is -0.436 e. The molecule has 0 spiro atoms. The van der Waals surface area contributed by atoms with E-state index in [4.69, 9.17) is 27.5 Å². The van der Waals surface area contributed by atoms with Crippen LogP contribution in [-0.4, -0.2) is 11.2 Å². The molecule has 0 atom stereocenters. The number of halogens is 2. The molecule has 0 aliphatic rings. The summed E-state index contributed by atoms with van der Waals surface area (Å²) < 4.78 is 18.9. The molecule has 1 aromatic heterocycles. The normalized spacial score (nSPS) is 11.2. The molecular weight excluding hydrogens is 281 g/mol. The van der Waals surface area contributed by atoms with Crippen LogP contribution in [0.5, 0.6) is 11.6 Å². The van der Waals surface area contributed by atoms with E-state index < -0.39 is 5.82 Å². The van der Waals surface area contributed by atoms with Gasteiger partial charge in [-0.3, -0.25) is 0 Å². The highest BCUT2D eigenvalue weighted by Gasteiger charge is 2.08. The number of nitrogens with one attached hydrogen (secondary N) is 1.